The third kappa shape index (κ3) is 3.22. The van der Waals surface area contributed by atoms with Crippen molar-refractivity contribution in [2.75, 3.05) is 26.1 Å². The van der Waals surface area contributed by atoms with Crippen LogP contribution in [0.5, 0.6) is 11.5 Å². The summed E-state index contributed by atoms with van der Waals surface area (Å²) in [6.45, 7) is 0.651. The first kappa shape index (κ1) is 16.0. The minimum absolute atomic E-state index is 0.320. The molecule has 0 atom stereocenters. The molecule has 5 nitrogen and oxygen atoms in total. The fourth-order valence-electron chi connectivity index (χ4n) is 2.55. The largest absolute Gasteiger partial charge is 0.493 e. The maximum absolute atomic E-state index is 13.8. The van der Waals surface area contributed by atoms with E-state index in [4.69, 9.17) is 9.47 Å². The van der Waals surface area contributed by atoms with Gasteiger partial charge in [0.1, 0.15) is 23.5 Å². The van der Waals surface area contributed by atoms with Crippen LogP contribution in [0.2, 0.25) is 0 Å². The lowest BCUT2D eigenvalue weighted by Crippen LogP contribution is -2.07. The molecule has 0 aliphatic rings. The van der Waals surface area contributed by atoms with Crippen molar-refractivity contribution in [2.24, 2.45) is 0 Å². The first-order valence-electron chi connectivity index (χ1n) is 7.57. The third-order valence-electron chi connectivity index (χ3n) is 3.77. The van der Waals surface area contributed by atoms with Crippen LogP contribution >= 0.6 is 0 Å². The third-order valence-corrected chi connectivity index (χ3v) is 3.77. The average Bonchev–Trinajstić information content (AvgIpc) is 2.62. The lowest BCUT2D eigenvalue weighted by molar-refractivity contribution is 0.354. The second-order valence-corrected chi connectivity index (χ2v) is 5.22. The molecule has 0 aliphatic heterocycles. The monoisotopic (exact) mass is 327 g/mol. The zero-order chi connectivity index (χ0) is 16.9. The number of rotatable bonds is 6. The van der Waals surface area contributed by atoms with E-state index >= 15 is 0 Å². The van der Waals surface area contributed by atoms with E-state index < -0.39 is 0 Å². The molecule has 2 aromatic carbocycles. The lowest BCUT2D eigenvalue weighted by atomic mass is 10.1. The molecule has 1 heterocycles. The van der Waals surface area contributed by atoms with Crippen LogP contribution in [-0.4, -0.2) is 30.7 Å². The Kier molecular flexibility index (Phi) is 4.74. The van der Waals surface area contributed by atoms with Gasteiger partial charge in [0.05, 0.1) is 14.2 Å². The van der Waals surface area contributed by atoms with Crippen LogP contribution in [0.15, 0.2) is 42.7 Å². The van der Waals surface area contributed by atoms with Crippen LogP contribution < -0.4 is 14.8 Å². The van der Waals surface area contributed by atoms with Gasteiger partial charge in [-0.15, -0.1) is 0 Å². The first-order chi connectivity index (χ1) is 11.7. The summed E-state index contributed by atoms with van der Waals surface area (Å²) in [4.78, 5) is 8.20. The van der Waals surface area contributed by atoms with Crippen LogP contribution in [0.25, 0.3) is 10.9 Å². The topological polar surface area (TPSA) is 56.3 Å². The Morgan fingerprint density at radius 2 is 1.88 bits per heavy atom. The quantitative estimate of drug-likeness (QED) is 0.751. The maximum Gasteiger partial charge on any atom is 0.160 e. The molecule has 124 valence electrons. The van der Waals surface area contributed by atoms with Crippen LogP contribution in [0.1, 0.15) is 5.56 Å². The van der Waals surface area contributed by atoms with E-state index in [1.807, 2.05) is 18.2 Å². The van der Waals surface area contributed by atoms with Gasteiger partial charge in [0.2, 0.25) is 0 Å². The minimum atomic E-state index is -0.349. The Labute approximate surface area is 139 Å². The number of nitrogens with one attached hydrogen (secondary N) is 1. The summed E-state index contributed by atoms with van der Waals surface area (Å²) in [5.74, 6) is 1.67. The number of halogens is 1. The van der Waals surface area contributed by atoms with Crippen molar-refractivity contribution >= 4 is 16.7 Å². The highest BCUT2D eigenvalue weighted by atomic mass is 19.1. The molecule has 1 aromatic heterocycles. The van der Waals surface area contributed by atoms with Gasteiger partial charge >= 0.3 is 0 Å². The highest BCUT2D eigenvalue weighted by Crippen LogP contribution is 2.28. The number of hydrogen-bond donors (Lipinski definition) is 1. The molecule has 24 heavy (non-hydrogen) atoms. The first-order valence-corrected chi connectivity index (χ1v) is 7.57. The van der Waals surface area contributed by atoms with Crippen molar-refractivity contribution in [3.8, 4) is 11.5 Å². The van der Waals surface area contributed by atoms with E-state index in [0.29, 0.717) is 34.8 Å². The van der Waals surface area contributed by atoms with Gasteiger partial charge in [0.25, 0.3) is 0 Å². The summed E-state index contributed by atoms with van der Waals surface area (Å²) in [6.07, 6.45) is 2.13. The van der Waals surface area contributed by atoms with Gasteiger partial charge in [0.15, 0.2) is 11.5 Å². The van der Waals surface area contributed by atoms with Crippen molar-refractivity contribution in [1.29, 1.82) is 0 Å². The summed E-state index contributed by atoms with van der Waals surface area (Å²) in [5, 5.41) is 3.91. The molecule has 0 unspecified atom stereocenters. The van der Waals surface area contributed by atoms with E-state index in [1.54, 1.807) is 26.4 Å². The Bertz CT molecular complexity index is 855. The number of methoxy groups -OCH3 is 2. The number of anilines is 1. The predicted molar refractivity (Wildman–Crippen MR) is 91.2 cm³/mol. The number of hydrogen-bond acceptors (Lipinski definition) is 5. The standard InChI is InChI=1S/C18H18FN3O2/c1-23-15-7-6-12(10-16(15)24-2)8-9-20-18-13-4-3-5-14(19)17(13)21-11-22-18/h3-7,10-11H,8-9H2,1-2H3,(H,20,21,22). The number of aromatic nitrogens is 2. The summed E-state index contributed by atoms with van der Waals surface area (Å²) >= 11 is 0. The molecular formula is C18H18FN3O2. The van der Waals surface area contributed by atoms with Crippen LogP contribution in [-0.2, 0) is 6.42 Å². The van der Waals surface area contributed by atoms with Crippen molar-refractivity contribution in [2.45, 2.75) is 6.42 Å². The Hall–Kier alpha value is -2.89. The minimum Gasteiger partial charge on any atom is -0.493 e. The van der Waals surface area contributed by atoms with Gasteiger partial charge < -0.3 is 14.8 Å². The summed E-state index contributed by atoms with van der Waals surface area (Å²) in [5.41, 5.74) is 1.42. The van der Waals surface area contributed by atoms with E-state index in [-0.39, 0.29) is 5.82 Å². The maximum atomic E-state index is 13.8. The van der Waals surface area contributed by atoms with E-state index in [0.717, 1.165) is 12.0 Å². The number of nitrogens with zero attached hydrogens (tertiary/aromatic N) is 2. The van der Waals surface area contributed by atoms with Crippen molar-refractivity contribution in [3.63, 3.8) is 0 Å². The number of ether oxygens (including phenoxy) is 2. The van der Waals surface area contributed by atoms with Crippen LogP contribution in [0.3, 0.4) is 0 Å². The zero-order valence-corrected chi connectivity index (χ0v) is 13.5. The number of benzene rings is 2. The van der Waals surface area contributed by atoms with Crippen LogP contribution in [0.4, 0.5) is 10.2 Å². The molecule has 0 amide bonds. The fourth-order valence-corrected chi connectivity index (χ4v) is 2.55. The molecular weight excluding hydrogens is 309 g/mol. The molecule has 0 saturated carbocycles. The molecule has 0 radical (unpaired) electrons. The van der Waals surface area contributed by atoms with E-state index in [2.05, 4.69) is 15.3 Å². The molecule has 0 aliphatic carbocycles. The molecule has 0 saturated heterocycles. The zero-order valence-electron chi connectivity index (χ0n) is 13.5. The second kappa shape index (κ2) is 7.12. The normalized spacial score (nSPS) is 10.6. The highest BCUT2D eigenvalue weighted by molar-refractivity contribution is 5.89. The summed E-state index contributed by atoms with van der Waals surface area (Å²) in [7, 11) is 3.22. The summed E-state index contributed by atoms with van der Waals surface area (Å²) in [6, 6.07) is 10.7. The Morgan fingerprint density at radius 1 is 1.04 bits per heavy atom. The smallest absolute Gasteiger partial charge is 0.160 e. The van der Waals surface area contributed by atoms with Gasteiger partial charge in [-0.05, 0) is 36.2 Å². The van der Waals surface area contributed by atoms with E-state index in [9.17, 15) is 4.39 Å². The molecule has 0 bridgehead atoms. The molecule has 0 spiro atoms. The Morgan fingerprint density at radius 3 is 2.67 bits per heavy atom. The molecule has 0 fully saturated rings. The fraction of sp³-hybridized carbons (Fsp3) is 0.222. The van der Waals surface area contributed by atoms with Crippen molar-refractivity contribution < 1.29 is 13.9 Å². The molecule has 6 heteroatoms. The van der Waals surface area contributed by atoms with Gasteiger partial charge in [-0.2, -0.15) is 0 Å². The van der Waals surface area contributed by atoms with Gasteiger partial charge in [-0.1, -0.05) is 12.1 Å². The number of para-hydroxylation sites is 1. The number of fused-ring (bicyclic) bond motifs is 1. The Balaban J connectivity index is 1.72. The molecule has 3 aromatic rings. The predicted octanol–water partition coefficient (Wildman–Crippen LogP) is 3.44. The van der Waals surface area contributed by atoms with Crippen molar-refractivity contribution in [1.82, 2.24) is 9.97 Å². The second-order valence-electron chi connectivity index (χ2n) is 5.22. The SMILES string of the molecule is COc1ccc(CCNc2ncnc3c(F)cccc23)cc1OC. The molecule has 1 N–H and O–H groups in total. The molecule has 3 rings (SSSR count). The average molecular weight is 327 g/mol. The van der Waals surface area contributed by atoms with E-state index in [1.165, 1.54) is 12.4 Å². The summed E-state index contributed by atoms with van der Waals surface area (Å²) < 4.78 is 24.3. The highest BCUT2D eigenvalue weighted by Gasteiger charge is 2.08. The van der Waals surface area contributed by atoms with Gasteiger partial charge in [0, 0.05) is 11.9 Å². The lowest BCUT2D eigenvalue weighted by Gasteiger charge is -2.11. The van der Waals surface area contributed by atoms with Gasteiger partial charge in [-0.25, -0.2) is 14.4 Å². The van der Waals surface area contributed by atoms with Gasteiger partial charge in [-0.3, -0.25) is 0 Å². The van der Waals surface area contributed by atoms with Crippen molar-refractivity contribution in [3.05, 3.63) is 54.1 Å². The van der Waals surface area contributed by atoms with Crippen LogP contribution in [0, 0.1) is 5.82 Å².